The summed E-state index contributed by atoms with van der Waals surface area (Å²) in [5, 5.41) is 12.1. The summed E-state index contributed by atoms with van der Waals surface area (Å²) in [5.41, 5.74) is 4.49. The first-order valence-corrected chi connectivity index (χ1v) is 9.83. The smallest absolute Gasteiger partial charge is 0.132 e. The molecule has 0 spiro atoms. The first-order valence-electron chi connectivity index (χ1n) is 9.07. The summed E-state index contributed by atoms with van der Waals surface area (Å²) in [6.07, 6.45) is -0.0468. The summed E-state index contributed by atoms with van der Waals surface area (Å²) in [5.74, 6) is 0.274. The number of hydrogen-bond acceptors (Lipinski definition) is 2. The number of rotatable bonds is 3. The molecular weight excluding hydrogens is 398 g/mol. The van der Waals surface area contributed by atoms with Gasteiger partial charge in [-0.15, -0.1) is 0 Å². The second kappa shape index (κ2) is 7.75. The lowest BCUT2D eigenvalue weighted by Crippen LogP contribution is -2.28. The van der Waals surface area contributed by atoms with E-state index < -0.39 is 6.10 Å². The van der Waals surface area contributed by atoms with E-state index in [4.69, 9.17) is 27.9 Å². The molecule has 4 rings (SSSR count). The van der Waals surface area contributed by atoms with Crippen LogP contribution in [0.3, 0.4) is 0 Å². The third-order valence-corrected chi connectivity index (χ3v) is 5.85. The third-order valence-electron chi connectivity index (χ3n) is 5.11. The summed E-state index contributed by atoms with van der Waals surface area (Å²) >= 11 is 12.1. The van der Waals surface area contributed by atoms with Gasteiger partial charge >= 0.3 is 0 Å². The highest BCUT2D eigenvalue weighted by atomic mass is 35.5. The lowest BCUT2D eigenvalue weighted by molar-refractivity contribution is 0.0511. The molecule has 0 saturated carbocycles. The number of aliphatic hydroxyl groups excluding tert-OH is 1. The van der Waals surface area contributed by atoms with E-state index in [0.29, 0.717) is 28.8 Å². The van der Waals surface area contributed by atoms with E-state index in [2.05, 4.69) is 0 Å². The van der Waals surface area contributed by atoms with Crippen LogP contribution in [0, 0.1) is 18.7 Å². The molecule has 2 atom stereocenters. The molecule has 144 valence electrons. The van der Waals surface area contributed by atoms with Gasteiger partial charge in [0, 0.05) is 17.0 Å². The van der Waals surface area contributed by atoms with Gasteiger partial charge in [-0.25, -0.2) is 4.39 Å². The fourth-order valence-electron chi connectivity index (χ4n) is 3.70. The third kappa shape index (κ3) is 3.75. The van der Waals surface area contributed by atoms with Crippen LogP contribution < -0.4 is 4.74 Å². The normalized spacial score (nSPS) is 18.5. The van der Waals surface area contributed by atoms with E-state index in [1.807, 2.05) is 31.2 Å². The van der Waals surface area contributed by atoms with Crippen LogP contribution in [-0.4, -0.2) is 11.7 Å². The van der Waals surface area contributed by atoms with Gasteiger partial charge in [-0.2, -0.15) is 0 Å². The van der Waals surface area contributed by atoms with Gasteiger partial charge in [0.2, 0.25) is 0 Å². The van der Waals surface area contributed by atoms with E-state index in [1.165, 1.54) is 12.1 Å². The van der Waals surface area contributed by atoms with Crippen LogP contribution in [0.5, 0.6) is 5.75 Å². The molecule has 2 nitrogen and oxygen atoms in total. The van der Waals surface area contributed by atoms with Crippen LogP contribution in [0.15, 0.2) is 54.6 Å². The van der Waals surface area contributed by atoms with Crippen LogP contribution >= 0.6 is 23.2 Å². The van der Waals surface area contributed by atoms with Gasteiger partial charge < -0.3 is 9.84 Å². The zero-order chi connectivity index (χ0) is 19.8. The quantitative estimate of drug-likeness (QED) is 0.535. The molecule has 0 unspecified atom stereocenters. The second-order valence-electron chi connectivity index (χ2n) is 7.21. The number of halogens is 3. The van der Waals surface area contributed by atoms with Crippen molar-refractivity contribution in [3.63, 3.8) is 0 Å². The molecular formula is C23H19Cl2FO2. The van der Waals surface area contributed by atoms with Crippen molar-refractivity contribution in [1.29, 1.82) is 0 Å². The number of aryl methyl sites for hydroxylation is 1. The first-order chi connectivity index (χ1) is 13.4. The van der Waals surface area contributed by atoms with Crippen LogP contribution in [0.25, 0.3) is 11.1 Å². The van der Waals surface area contributed by atoms with E-state index in [9.17, 15) is 9.50 Å². The SMILES string of the molecule is Cc1cc(-c2ccc(F)cc2)c2c(c1)[C@H](O)[C@H](Cc1ccc(Cl)c(Cl)c1)CO2. The van der Waals surface area contributed by atoms with Crippen molar-refractivity contribution >= 4 is 23.2 Å². The van der Waals surface area contributed by atoms with Crippen molar-refractivity contribution in [1.82, 2.24) is 0 Å². The van der Waals surface area contributed by atoms with Gasteiger partial charge in [0.25, 0.3) is 0 Å². The Morgan fingerprint density at radius 2 is 1.79 bits per heavy atom. The maximum atomic E-state index is 13.3. The molecule has 5 heteroatoms. The Balaban J connectivity index is 1.67. The van der Waals surface area contributed by atoms with Crippen molar-refractivity contribution in [2.45, 2.75) is 19.4 Å². The summed E-state index contributed by atoms with van der Waals surface area (Å²) in [6, 6.07) is 15.8. The van der Waals surface area contributed by atoms with Gasteiger partial charge in [0.1, 0.15) is 11.6 Å². The standard InChI is InChI=1S/C23H19Cl2FO2/c1-13-8-18(15-3-5-17(26)6-4-15)23-19(9-13)22(27)16(12-28-23)10-14-2-7-20(24)21(25)11-14/h2-9,11,16,22,27H,10,12H2,1H3/t16-,22-/m1/s1. The average molecular weight is 417 g/mol. The number of fused-ring (bicyclic) bond motifs is 1. The topological polar surface area (TPSA) is 29.5 Å². The molecule has 3 aromatic rings. The molecule has 1 N–H and O–H groups in total. The fourth-order valence-corrected chi connectivity index (χ4v) is 4.02. The Morgan fingerprint density at radius 1 is 1.04 bits per heavy atom. The van der Waals surface area contributed by atoms with Crippen molar-refractivity contribution in [2.75, 3.05) is 6.61 Å². The zero-order valence-electron chi connectivity index (χ0n) is 15.3. The second-order valence-corrected chi connectivity index (χ2v) is 8.02. The molecule has 1 aliphatic heterocycles. The lowest BCUT2D eigenvalue weighted by Gasteiger charge is -2.32. The minimum absolute atomic E-state index is 0.104. The molecule has 0 bridgehead atoms. The highest BCUT2D eigenvalue weighted by molar-refractivity contribution is 6.42. The fraction of sp³-hybridized carbons (Fsp3) is 0.217. The molecule has 0 saturated heterocycles. The number of benzene rings is 3. The van der Waals surface area contributed by atoms with E-state index in [-0.39, 0.29) is 11.7 Å². The van der Waals surface area contributed by atoms with Gasteiger partial charge in [0.05, 0.1) is 22.8 Å². The van der Waals surface area contributed by atoms with Crippen LogP contribution in [0.2, 0.25) is 10.0 Å². The van der Waals surface area contributed by atoms with Crippen LogP contribution in [0.4, 0.5) is 4.39 Å². The molecule has 0 fully saturated rings. The molecule has 1 aliphatic rings. The Morgan fingerprint density at radius 3 is 2.50 bits per heavy atom. The van der Waals surface area contributed by atoms with E-state index >= 15 is 0 Å². The highest BCUT2D eigenvalue weighted by Crippen LogP contribution is 2.44. The Kier molecular flexibility index (Phi) is 5.33. The maximum Gasteiger partial charge on any atom is 0.132 e. The zero-order valence-corrected chi connectivity index (χ0v) is 16.8. The molecule has 0 aromatic heterocycles. The minimum Gasteiger partial charge on any atom is -0.492 e. The Hall–Kier alpha value is -2.07. The monoisotopic (exact) mass is 416 g/mol. The summed E-state index contributed by atoms with van der Waals surface area (Å²) in [6.45, 7) is 2.36. The Labute approximate surface area is 173 Å². The van der Waals surface area contributed by atoms with Crippen molar-refractivity contribution in [3.8, 4) is 16.9 Å². The van der Waals surface area contributed by atoms with Gasteiger partial charge in [-0.05, 0) is 66.4 Å². The number of hydrogen-bond donors (Lipinski definition) is 1. The van der Waals surface area contributed by atoms with Gasteiger partial charge in [0.15, 0.2) is 0 Å². The average Bonchev–Trinajstić information content (AvgIpc) is 2.67. The molecule has 3 aromatic carbocycles. The van der Waals surface area contributed by atoms with Crippen molar-refractivity contribution in [2.24, 2.45) is 5.92 Å². The summed E-state index contributed by atoms with van der Waals surface area (Å²) < 4.78 is 19.4. The predicted molar refractivity (Wildman–Crippen MR) is 111 cm³/mol. The van der Waals surface area contributed by atoms with Crippen LogP contribution in [0.1, 0.15) is 22.8 Å². The molecule has 0 aliphatic carbocycles. The maximum absolute atomic E-state index is 13.3. The molecule has 0 radical (unpaired) electrons. The summed E-state index contributed by atoms with van der Waals surface area (Å²) in [7, 11) is 0. The minimum atomic E-state index is -0.669. The summed E-state index contributed by atoms with van der Waals surface area (Å²) in [4.78, 5) is 0. The Bertz CT molecular complexity index is 1020. The molecule has 0 amide bonds. The van der Waals surface area contributed by atoms with Gasteiger partial charge in [-0.3, -0.25) is 0 Å². The first kappa shape index (κ1) is 19.3. The predicted octanol–water partition coefficient (Wildman–Crippen LogP) is 6.39. The lowest BCUT2D eigenvalue weighted by atomic mass is 9.85. The number of ether oxygens (including phenoxy) is 1. The number of aliphatic hydroxyl groups is 1. The highest BCUT2D eigenvalue weighted by Gasteiger charge is 2.31. The van der Waals surface area contributed by atoms with Crippen molar-refractivity contribution < 1.29 is 14.2 Å². The van der Waals surface area contributed by atoms with E-state index in [0.717, 1.165) is 27.8 Å². The van der Waals surface area contributed by atoms with E-state index in [1.54, 1.807) is 18.2 Å². The largest absolute Gasteiger partial charge is 0.492 e. The van der Waals surface area contributed by atoms with Gasteiger partial charge in [-0.1, -0.05) is 41.4 Å². The molecule has 1 heterocycles. The van der Waals surface area contributed by atoms with Crippen LogP contribution in [-0.2, 0) is 6.42 Å². The molecule has 28 heavy (non-hydrogen) atoms. The van der Waals surface area contributed by atoms with Crippen molar-refractivity contribution in [3.05, 3.63) is 87.2 Å².